The number of carboxylic acids is 1. The molecule has 0 saturated carbocycles. The Morgan fingerprint density at radius 1 is 1.30 bits per heavy atom. The highest BCUT2D eigenvalue weighted by Gasteiger charge is 2.20. The molecule has 0 aliphatic carbocycles. The number of aryl methyl sites for hydroxylation is 1. The molecule has 20 heavy (non-hydrogen) atoms. The molecule has 4 heteroatoms. The van der Waals surface area contributed by atoms with Gasteiger partial charge in [0.2, 0.25) is 0 Å². The van der Waals surface area contributed by atoms with Crippen molar-refractivity contribution < 1.29 is 9.90 Å². The lowest BCUT2D eigenvalue weighted by molar-refractivity contribution is -0.139. The third kappa shape index (κ3) is 4.94. The molecular formula is C16H26N2O2. The summed E-state index contributed by atoms with van der Waals surface area (Å²) in [7, 11) is 0. The number of nitrogens with zero attached hydrogens (tertiary/aromatic N) is 1. The van der Waals surface area contributed by atoms with Gasteiger partial charge in [-0.3, -0.25) is 4.79 Å². The Morgan fingerprint density at radius 2 is 1.95 bits per heavy atom. The zero-order valence-electron chi connectivity index (χ0n) is 12.7. The number of rotatable bonds is 9. The van der Waals surface area contributed by atoms with Gasteiger partial charge in [0.05, 0.1) is 0 Å². The highest BCUT2D eigenvalue weighted by Crippen LogP contribution is 2.17. The van der Waals surface area contributed by atoms with E-state index in [-0.39, 0.29) is 0 Å². The number of carboxylic acid groups (broad SMARTS) is 1. The molecule has 0 heterocycles. The summed E-state index contributed by atoms with van der Waals surface area (Å²) in [5.74, 6) is -0.817. The van der Waals surface area contributed by atoms with Crippen molar-refractivity contribution in [1.29, 1.82) is 0 Å². The number of benzene rings is 1. The van der Waals surface area contributed by atoms with Crippen molar-refractivity contribution in [2.24, 2.45) is 0 Å². The van der Waals surface area contributed by atoms with Crippen LogP contribution in [0.25, 0.3) is 0 Å². The molecule has 1 aromatic rings. The van der Waals surface area contributed by atoms with E-state index in [1.165, 1.54) is 0 Å². The van der Waals surface area contributed by atoms with Crippen LogP contribution in [0.2, 0.25) is 0 Å². The van der Waals surface area contributed by atoms with Gasteiger partial charge in [0.1, 0.15) is 6.04 Å². The van der Waals surface area contributed by atoms with Crippen LogP contribution in [0, 0.1) is 6.92 Å². The van der Waals surface area contributed by atoms with Crippen LogP contribution in [-0.2, 0) is 4.79 Å². The molecule has 0 aliphatic heterocycles. The van der Waals surface area contributed by atoms with E-state index in [1.54, 1.807) is 0 Å². The summed E-state index contributed by atoms with van der Waals surface area (Å²) in [5, 5.41) is 12.5. The Bertz CT molecular complexity index is 417. The molecule has 0 aromatic heterocycles. The second kappa shape index (κ2) is 8.72. The summed E-state index contributed by atoms with van der Waals surface area (Å²) in [4.78, 5) is 13.8. The lowest BCUT2D eigenvalue weighted by Crippen LogP contribution is -2.32. The Balaban J connectivity index is 2.53. The first-order valence-electron chi connectivity index (χ1n) is 7.34. The molecule has 1 rings (SSSR count). The summed E-state index contributed by atoms with van der Waals surface area (Å²) in [5.41, 5.74) is 1.86. The lowest BCUT2D eigenvalue weighted by Gasteiger charge is -2.20. The van der Waals surface area contributed by atoms with E-state index in [0.29, 0.717) is 6.54 Å². The molecule has 1 unspecified atom stereocenters. The van der Waals surface area contributed by atoms with Crippen LogP contribution in [0.1, 0.15) is 37.4 Å². The largest absolute Gasteiger partial charge is 0.480 e. The Morgan fingerprint density at radius 3 is 2.50 bits per heavy atom. The zero-order chi connectivity index (χ0) is 15.0. The SMILES string of the molecule is CCN(CC)CCCNC(C(=O)O)c1ccccc1C. The number of hydrogen-bond donors (Lipinski definition) is 2. The van der Waals surface area contributed by atoms with Crippen LogP contribution in [0.4, 0.5) is 0 Å². The van der Waals surface area contributed by atoms with Gasteiger partial charge in [-0.15, -0.1) is 0 Å². The first-order chi connectivity index (χ1) is 9.60. The van der Waals surface area contributed by atoms with Crippen molar-refractivity contribution in [3.63, 3.8) is 0 Å². The Labute approximate surface area is 121 Å². The van der Waals surface area contributed by atoms with Crippen molar-refractivity contribution in [2.75, 3.05) is 26.2 Å². The van der Waals surface area contributed by atoms with Gasteiger partial charge in [0.15, 0.2) is 0 Å². The van der Waals surface area contributed by atoms with Crippen LogP contribution >= 0.6 is 0 Å². The van der Waals surface area contributed by atoms with Crippen LogP contribution in [0.15, 0.2) is 24.3 Å². The quantitative estimate of drug-likeness (QED) is 0.681. The fourth-order valence-electron chi connectivity index (χ4n) is 2.33. The summed E-state index contributed by atoms with van der Waals surface area (Å²) in [6, 6.07) is 7.02. The molecule has 0 radical (unpaired) electrons. The number of carbonyl (C=O) groups is 1. The molecule has 1 aromatic carbocycles. The summed E-state index contributed by atoms with van der Waals surface area (Å²) in [6.07, 6.45) is 0.956. The maximum atomic E-state index is 11.4. The topological polar surface area (TPSA) is 52.6 Å². The molecule has 2 N–H and O–H groups in total. The Kier molecular flexibility index (Phi) is 7.26. The third-order valence-electron chi connectivity index (χ3n) is 3.64. The van der Waals surface area contributed by atoms with E-state index in [0.717, 1.165) is 37.2 Å². The fourth-order valence-corrected chi connectivity index (χ4v) is 2.33. The first-order valence-corrected chi connectivity index (χ1v) is 7.34. The summed E-state index contributed by atoms with van der Waals surface area (Å²) in [6.45, 7) is 10.0. The monoisotopic (exact) mass is 278 g/mol. The van der Waals surface area contributed by atoms with E-state index in [9.17, 15) is 9.90 Å². The Hall–Kier alpha value is -1.39. The molecular weight excluding hydrogens is 252 g/mol. The summed E-state index contributed by atoms with van der Waals surface area (Å²) < 4.78 is 0. The third-order valence-corrected chi connectivity index (χ3v) is 3.64. The predicted molar refractivity (Wildman–Crippen MR) is 82.0 cm³/mol. The van der Waals surface area contributed by atoms with Gasteiger partial charge in [-0.05, 0) is 50.7 Å². The van der Waals surface area contributed by atoms with Gasteiger partial charge < -0.3 is 15.3 Å². The van der Waals surface area contributed by atoms with E-state index >= 15 is 0 Å². The van der Waals surface area contributed by atoms with Gasteiger partial charge in [0.25, 0.3) is 0 Å². The lowest BCUT2D eigenvalue weighted by atomic mass is 10.0. The van der Waals surface area contributed by atoms with Gasteiger partial charge in [0, 0.05) is 0 Å². The number of hydrogen-bond acceptors (Lipinski definition) is 3. The highest BCUT2D eigenvalue weighted by atomic mass is 16.4. The normalized spacial score (nSPS) is 12.6. The highest BCUT2D eigenvalue weighted by molar-refractivity contribution is 5.76. The van der Waals surface area contributed by atoms with Crippen LogP contribution in [-0.4, -0.2) is 42.2 Å². The molecule has 0 spiro atoms. The van der Waals surface area contributed by atoms with Crippen LogP contribution in [0.3, 0.4) is 0 Å². The zero-order valence-corrected chi connectivity index (χ0v) is 12.7. The van der Waals surface area contributed by atoms with Gasteiger partial charge in [-0.2, -0.15) is 0 Å². The van der Waals surface area contributed by atoms with Crippen molar-refractivity contribution in [2.45, 2.75) is 33.2 Å². The van der Waals surface area contributed by atoms with E-state index in [2.05, 4.69) is 24.1 Å². The first kappa shape index (κ1) is 16.7. The molecule has 0 aliphatic rings. The van der Waals surface area contributed by atoms with E-state index < -0.39 is 12.0 Å². The van der Waals surface area contributed by atoms with Crippen molar-refractivity contribution in [1.82, 2.24) is 10.2 Å². The van der Waals surface area contributed by atoms with Crippen LogP contribution in [0.5, 0.6) is 0 Å². The molecule has 0 bridgehead atoms. The standard InChI is InChI=1S/C16H26N2O2/c1-4-18(5-2)12-8-11-17-15(16(19)20)14-10-7-6-9-13(14)3/h6-7,9-10,15,17H,4-5,8,11-12H2,1-3H3,(H,19,20). The number of nitrogens with one attached hydrogen (secondary N) is 1. The van der Waals surface area contributed by atoms with Gasteiger partial charge >= 0.3 is 5.97 Å². The molecule has 0 amide bonds. The minimum Gasteiger partial charge on any atom is -0.480 e. The van der Waals surface area contributed by atoms with Crippen LogP contribution < -0.4 is 5.32 Å². The molecule has 0 saturated heterocycles. The maximum Gasteiger partial charge on any atom is 0.325 e. The smallest absolute Gasteiger partial charge is 0.325 e. The van der Waals surface area contributed by atoms with Crippen molar-refractivity contribution in [3.05, 3.63) is 35.4 Å². The average molecular weight is 278 g/mol. The fraction of sp³-hybridized carbons (Fsp3) is 0.562. The second-order valence-corrected chi connectivity index (χ2v) is 4.96. The minimum atomic E-state index is -0.817. The van der Waals surface area contributed by atoms with Gasteiger partial charge in [-0.25, -0.2) is 0 Å². The van der Waals surface area contributed by atoms with Crippen molar-refractivity contribution in [3.8, 4) is 0 Å². The average Bonchev–Trinajstić information content (AvgIpc) is 2.44. The van der Waals surface area contributed by atoms with Gasteiger partial charge in [-0.1, -0.05) is 38.1 Å². The van der Waals surface area contributed by atoms with E-state index in [4.69, 9.17) is 0 Å². The molecule has 1 atom stereocenters. The van der Waals surface area contributed by atoms with E-state index in [1.807, 2.05) is 31.2 Å². The second-order valence-electron chi connectivity index (χ2n) is 4.96. The molecule has 0 fully saturated rings. The maximum absolute atomic E-state index is 11.4. The van der Waals surface area contributed by atoms with Crippen molar-refractivity contribution >= 4 is 5.97 Å². The summed E-state index contributed by atoms with van der Waals surface area (Å²) >= 11 is 0. The predicted octanol–water partition coefficient (Wildman–Crippen LogP) is 2.44. The molecule has 112 valence electrons. The minimum absolute atomic E-state index is 0.618. The number of aliphatic carboxylic acids is 1. The molecule has 4 nitrogen and oxygen atoms in total.